The third-order valence-corrected chi connectivity index (χ3v) is 3.08. The predicted molar refractivity (Wildman–Crippen MR) is 76.2 cm³/mol. The lowest BCUT2D eigenvalue weighted by Crippen LogP contribution is -2.66. The molecular formula is C14H21NO9. The summed E-state index contributed by atoms with van der Waals surface area (Å²) in [4.78, 5) is 45.4. The molecule has 2 N–H and O–H groups in total. The maximum atomic E-state index is 11.4. The second-order valence-electron chi connectivity index (χ2n) is 5.21. The largest absolute Gasteiger partial charge is 0.456 e. The normalized spacial score (nSPS) is 29.3. The minimum absolute atomic E-state index is 0.512. The van der Waals surface area contributed by atoms with E-state index in [1.165, 1.54) is 6.92 Å². The van der Waals surface area contributed by atoms with Crippen LogP contribution in [0.5, 0.6) is 0 Å². The van der Waals surface area contributed by atoms with Gasteiger partial charge in [0, 0.05) is 27.7 Å². The van der Waals surface area contributed by atoms with Crippen molar-refractivity contribution in [1.29, 1.82) is 0 Å². The molecule has 1 amide bonds. The Labute approximate surface area is 138 Å². The van der Waals surface area contributed by atoms with E-state index in [1.807, 2.05) is 0 Å². The van der Waals surface area contributed by atoms with Crippen LogP contribution in [0.4, 0.5) is 0 Å². The molecule has 0 saturated carbocycles. The summed E-state index contributed by atoms with van der Waals surface area (Å²) in [5, 5.41) is 11.9. The summed E-state index contributed by atoms with van der Waals surface area (Å²) in [6.45, 7) is 3.99. The molecule has 1 aliphatic heterocycles. The topological polar surface area (TPSA) is 137 Å². The Morgan fingerprint density at radius 2 is 1.42 bits per heavy atom. The van der Waals surface area contributed by atoms with E-state index in [0.717, 1.165) is 20.8 Å². The van der Waals surface area contributed by atoms with Gasteiger partial charge in [0.2, 0.25) is 12.2 Å². The van der Waals surface area contributed by atoms with Gasteiger partial charge in [-0.15, -0.1) is 0 Å². The number of carbonyl (C=O) groups excluding carboxylic acids is 4. The maximum Gasteiger partial charge on any atom is 0.305 e. The van der Waals surface area contributed by atoms with Crippen molar-refractivity contribution >= 4 is 23.8 Å². The van der Waals surface area contributed by atoms with Crippen LogP contribution < -0.4 is 5.32 Å². The minimum Gasteiger partial charge on any atom is -0.456 e. The lowest BCUT2D eigenvalue weighted by molar-refractivity contribution is -0.269. The first-order chi connectivity index (χ1) is 11.1. The Bertz CT molecular complexity index is 506. The first-order valence-corrected chi connectivity index (χ1v) is 7.20. The van der Waals surface area contributed by atoms with Crippen LogP contribution >= 0.6 is 0 Å². The Kier molecular flexibility index (Phi) is 7.11. The van der Waals surface area contributed by atoms with Gasteiger partial charge in [0.05, 0.1) is 6.61 Å². The molecule has 5 atom stereocenters. The Hall–Kier alpha value is -2.20. The summed E-state index contributed by atoms with van der Waals surface area (Å²) >= 11 is 0. The number of esters is 3. The van der Waals surface area contributed by atoms with Gasteiger partial charge < -0.3 is 29.4 Å². The summed E-state index contributed by atoms with van der Waals surface area (Å²) in [5.74, 6) is -2.64. The van der Waals surface area contributed by atoms with Crippen molar-refractivity contribution in [2.24, 2.45) is 0 Å². The van der Waals surface area contributed by atoms with Crippen molar-refractivity contribution < 1.29 is 43.2 Å². The van der Waals surface area contributed by atoms with Crippen LogP contribution in [0, 0.1) is 0 Å². The molecule has 10 nitrogen and oxygen atoms in total. The van der Waals surface area contributed by atoms with Gasteiger partial charge in [-0.25, -0.2) is 0 Å². The number of aliphatic hydroxyl groups is 1. The second kappa shape index (κ2) is 8.60. The smallest absolute Gasteiger partial charge is 0.305 e. The van der Waals surface area contributed by atoms with E-state index in [-0.39, 0.29) is 0 Å². The van der Waals surface area contributed by atoms with Gasteiger partial charge in [-0.1, -0.05) is 0 Å². The monoisotopic (exact) mass is 347 g/mol. The van der Waals surface area contributed by atoms with Gasteiger partial charge >= 0.3 is 17.9 Å². The Morgan fingerprint density at radius 1 is 0.917 bits per heavy atom. The van der Waals surface area contributed by atoms with Crippen LogP contribution in [-0.2, 0) is 38.1 Å². The van der Waals surface area contributed by atoms with E-state index >= 15 is 0 Å². The Morgan fingerprint density at radius 3 is 1.83 bits per heavy atom. The van der Waals surface area contributed by atoms with E-state index in [0.29, 0.717) is 0 Å². The van der Waals surface area contributed by atoms with Gasteiger partial charge in [0.25, 0.3) is 0 Å². The van der Waals surface area contributed by atoms with Gasteiger partial charge in [0.1, 0.15) is 12.1 Å². The highest BCUT2D eigenvalue weighted by molar-refractivity contribution is 5.74. The minimum atomic E-state index is -1.33. The second-order valence-corrected chi connectivity index (χ2v) is 5.21. The van der Waals surface area contributed by atoms with Crippen molar-refractivity contribution in [2.45, 2.75) is 58.3 Å². The standard InChI is InChI=1S/C14H21NO9/c1-6(17)15-11-13(22-8(3)19)12(21-7(2)18)10(5-16)24-14(11)23-9(4)20/h10-14,16H,5H2,1-4H3,(H,15,17)/t10-,11-,12+,13-,14?/m1/s1. The van der Waals surface area contributed by atoms with Crippen molar-refractivity contribution in [2.75, 3.05) is 6.61 Å². The van der Waals surface area contributed by atoms with Crippen molar-refractivity contribution in [3.8, 4) is 0 Å². The molecule has 1 saturated heterocycles. The third kappa shape index (κ3) is 5.46. The van der Waals surface area contributed by atoms with Gasteiger partial charge in [-0.2, -0.15) is 0 Å². The SMILES string of the molecule is CC(=O)N[C@H]1C(OC(C)=O)O[C@H](CO)[C@H](OC(C)=O)[C@@H]1OC(C)=O. The average molecular weight is 347 g/mol. The summed E-state index contributed by atoms with van der Waals surface area (Å²) < 4.78 is 20.6. The van der Waals surface area contributed by atoms with E-state index in [4.69, 9.17) is 18.9 Å². The van der Waals surface area contributed by atoms with Crippen LogP contribution in [-0.4, -0.2) is 66.2 Å². The molecule has 1 heterocycles. The maximum absolute atomic E-state index is 11.4. The molecule has 0 bridgehead atoms. The molecule has 1 unspecified atom stereocenters. The van der Waals surface area contributed by atoms with E-state index < -0.39 is 61.1 Å². The number of aliphatic hydroxyl groups excluding tert-OH is 1. The van der Waals surface area contributed by atoms with Crippen LogP contribution in [0.2, 0.25) is 0 Å². The molecule has 1 aliphatic rings. The van der Waals surface area contributed by atoms with Crippen LogP contribution in [0.25, 0.3) is 0 Å². The van der Waals surface area contributed by atoms with Crippen LogP contribution in [0.15, 0.2) is 0 Å². The highest BCUT2D eigenvalue weighted by Crippen LogP contribution is 2.27. The van der Waals surface area contributed by atoms with Crippen LogP contribution in [0.3, 0.4) is 0 Å². The van der Waals surface area contributed by atoms with Gasteiger partial charge in [-0.3, -0.25) is 19.2 Å². The molecule has 0 aromatic rings. The summed E-state index contributed by atoms with van der Waals surface area (Å²) in [6, 6.07) is -1.12. The van der Waals surface area contributed by atoms with E-state index in [1.54, 1.807) is 0 Å². The molecular weight excluding hydrogens is 326 g/mol. The van der Waals surface area contributed by atoms with Crippen molar-refractivity contribution in [1.82, 2.24) is 5.32 Å². The first-order valence-electron chi connectivity index (χ1n) is 7.20. The number of ether oxygens (including phenoxy) is 4. The zero-order chi connectivity index (χ0) is 18.4. The molecule has 24 heavy (non-hydrogen) atoms. The lowest BCUT2D eigenvalue weighted by atomic mass is 9.96. The molecule has 1 rings (SSSR count). The number of hydrogen-bond acceptors (Lipinski definition) is 9. The lowest BCUT2D eigenvalue weighted by Gasteiger charge is -2.44. The molecule has 0 spiro atoms. The molecule has 1 fully saturated rings. The fourth-order valence-corrected chi connectivity index (χ4v) is 2.37. The molecule has 0 aliphatic carbocycles. The number of rotatable bonds is 5. The fraction of sp³-hybridized carbons (Fsp3) is 0.714. The molecule has 0 radical (unpaired) electrons. The van der Waals surface area contributed by atoms with Crippen molar-refractivity contribution in [3.63, 3.8) is 0 Å². The highest BCUT2D eigenvalue weighted by atomic mass is 16.7. The zero-order valence-electron chi connectivity index (χ0n) is 13.8. The molecule has 0 aromatic heterocycles. The first kappa shape index (κ1) is 19.8. The highest BCUT2D eigenvalue weighted by Gasteiger charge is 2.51. The van der Waals surface area contributed by atoms with Gasteiger partial charge in [0.15, 0.2) is 12.2 Å². The van der Waals surface area contributed by atoms with Crippen molar-refractivity contribution in [3.05, 3.63) is 0 Å². The number of amides is 1. The van der Waals surface area contributed by atoms with Gasteiger partial charge in [-0.05, 0) is 0 Å². The quantitative estimate of drug-likeness (QED) is 0.456. The third-order valence-electron chi connectivity index (χ3n) is 3.08. The fourth-order valence-electron chi connectivity index (χ4n) is 2.37. The number of nitrogens with one attached hydrogen (secondary N) is 1. The zero-order valence-corrected chi connectivity index (χ0v) is 13.8. The molecule has 136 valence electrons. The molecule has 10 heteroatoms. The van der Waals surface area contributed by atoms with E-state index in [2.05, 4.69) is 5.32 Å². The van der Waals surface area contributed by atoms with E-state index in [9.17, 15) is 24.3 Å². The summed E-state index contributed by atoms with van der Waals surface area (Å²) in [7, 11) is 0. The average Bonchev–Trinajstić information content (AvgIpc) is 2.42. The predicted octanol–water partition coefficient (Wildman–Crippen LogP) is -1.37. The summed E-state index contributed by atoms with van der Waals surface area (Å²) in [6.07, 6.45) is -4.86. The van der Waals surface area contributed by atoms with Crippen LogP contribution in [0.1, 0.15) is 27.7 Å². The molecule has 0 aromatic carbocycles. The summed E-state index contributed by atoms with van der Waals surface area (Å²) in [5.41, 5.74) is 0. The Balaban J connectivity index is 3.23. The number of hydrogen-bond donors (Lipinski definition) is 2. The number of carbonyl (C=O) groups is 4.